The molecule has 112 valence electrons. The third-order valence-electron chi connectivity index (χ3n) is 3.91. The van der Waals surface area contributed by atoms with Crippen molar-refractivity contribution in [3.05, 3.63) is 41.1 Å². The molecule has 1 aromatic heterocycles. The van der Waals surface area contributed by atoms with E-state index < -0.39 is 5.97 Å². The molecule has 22 heavy (non-hydrogen) atoms. The molecule has 6 nitrogen and oxygen atoms in total. The Balaban J connectivity index is 2.45. The molecule has 3 rings (SSSR count). The van der Waals surface area contributed by atoms with Crippen LogP contribution in [0.4, 0.5) is 5.69 Å². The smallest absolute Gasteiger partial charge is 0.340 e. The number of nitrogen functional groups attached to an aromatic ring is 1. The summed E-state index contributed by atoms with van der Waals surface area (Å²) in [7, 11) is 0. The molecule has 0 aliphatic rings. The molecule has 0 bridgehead atoms. The molecule has 0 saturated carbocycles. The van der Waals surface area contributed by atoms with Crippen molar-refractivity contribution in [2.45, 2.75) is 13.8 Å². The maximum absolute atomic E-state index is 11.6. The highest BCUT2D eigenvalue weighted by atomic mass is 16.4. The molecule has 2 aromatic carbocycles. The Morgan fingerprint density at radius 2 is 2.05 bits per heavy atom. The summed E-state index contributed by atoms with van der Waals surface area (Å²) in [6, 6.07) is 5.17. The summed E-state index contributed by atoms with van der Waals surface area (Å²) in [5.41, 5.74) is 9.54. The third kappa shape index (κ3) is 1.88. The Morgan fingerprint density at radius 1 is 1.32 bits per heavy atom. The van der Waals surface area contributed by atoms with E-state index >= 15 is 0 Å². The van der Waals surface area contributed by atoms with Gasteiger partial charge in [-0.2, -0.15) is 5.10 Å². The van der Waals surface area contributed by atoms with Gasteiger partial charge in [-0.15, -0.1) is 0 Å². The normalized spacial score (nSPS) is 11.0. The predicted octanol–water partition coefficient (Wildman–Crippen LogP) is 2.83. The number of anilines is 1. The topological polar surface area (TPSA) is 112 Å². The van der Waals surface area contributed by atoms with E-state index in [9.17, 15) is 15.0 Å². The number of fused-ring (bicyclic) bond motifs is 1. The van der Waals surface area contributed by atoms with Crippen LogP contribution >= 0.6 is 0 Å². The second-order valence-corrected chi connectivity index (χ2v) is 5.25. The number of aromatic nitrogens is 2. The number of aryl methyl sites for hydroxylation is 1. The van der Waals surface area contributed by atoms with Gasteiger partial charge in [-0.05, 0) is 42.7 Å². The van der Waals surface area contributed by atoms with Gasteiger partial charge in [0.1, 0.15) is 11.3 Å². The van der Waals surface area contributed by atoms with Crippen molar-refractivity contribution < 1.29 is 15.0 Å². The van der Waals surface area contributed by atoms with Crippen LogP contribution in [-0.2, 0) is 0 Å². The molecule has 5 N–H and O–H groups in total. The van der Waals surface area contributed by atoms with Crippen LogP contribution < -0.4 is 5.73 Å². The van der Waals surface area contributed by atoms with Crippen LogP contribution in [0.1, 0.15) is 21.5 Å². The minimum Gasteiger partial charge on any atom is -0.508 e. The molecule has 0 aliphatic carbocycles. The molecule has 6 heteroatoms. The first-order chi connectivity index (χ1) is 10.4. The second kappa shape index (κ2) is 4.77. The zero-order valence-electron chi connectivity index (χ0n) is 12.1. The van der Waals surface area contributed by atoms with Crippen molar-refractivity contribution in [3.63, 3.8) is 0 Å². The number of rotatable bonds is 2. The summed E-state index contributed by atoms with van der Waals surface area (Å²) < 4.78 is 0. The molecule has 0 fully saturated rings. The molecule has 0 saturated heterocycles. The number of phenols is 1. The largest absolute Gasteiger partial charge is 0.508 e. The number of H-pyrrole nitrogens is 1. The van der Waals surface area contributed by atoms with Gasteiger partial charge in [0.25, 0.3) is 0 Å². The van der Waals surface area contributed by atoms with Gasteiger partial charge in [0.2, 0.25) is 0 Å². The number of aromatic hydroxyl groups is 1. The van der Waals surface area contributed by atoms with E-state index in [1.807, 2.05) is 6.92 Å². The van der Waals surface area contributed by atoms with E-state index in [1.165, 1.54) is 0 Å². The molecule has 0 unspecified atom stereocenters. The Labute approximate surface area is 126 Å². The zero-order valence-corrected chi connectivity index (χ0v) is 12.1. The Morgan fingerprint density at radius 3 is 2.73 bits per heavy atom. The van der Waals surface area contributed by atoms with Crippen molar-refractivity contribution in [1.82, 2.24) is 10.2 Å². The summed E-state index contributed by atoms with van der Waals surface area (Å²) in [6.45, 7) is 3.67. The zero-order chi connectivity index (χ0) is 16.0. The van der Waals surface area contributed by atoms with Crippen molar-refractivity contribution in [3.8, 4) is 16.9 Å². The third-order valence-corrected chi connectivity index (χ3v) is 3.91. The first-order valence-corrected chi connectivity index (χ1v) is 6.70. The van der Waals surface area contributed by atoms with E-state index in [0.29, 0.717) is 22.0 Å². The molecule has 0 aliphatic heterocycles. The van der Waals surface area contributed by atoms with Gasteiger partial charge in [-0.3, -0.25) is 5.10 Å². The summed E-state index contributed by atoms with van der Waals surface area (Å²) in [4.78, 5) is 11.6. The molecule has 0 atom stereocenters. The first kappa shape index (κ1) is 13.9. The lowest BCUT2D eigenvalue weighted by Crippen LogP contribution is -2.06. The number of aromatic carboxylic acids is 1. The molecule has 1 heterocycles. The fourth-order valence-electron chi connectivity index (χ4n) is 2.79. The number of aromatic amines is 1. The van der Waals surface area contributed by atoms with E-state index in [-0.39, 0.29) is 17.0 Å². The number of hydrogen-bond donors (Lipinski definition) is 4. The number of phenolic OH excluding ortho intramolecular Hbond substituents is 1. The lowest BCUT2D eigenvalue weighted by atomic mass is 9.91. The SMILES string of the molecule is Cc1ccc(O)c(C)c1-c1cc2cn[nH]c2c(C(=O)O)c1N. The van der Waals surface area contributed by atoms with Gasteiger partial charge in [-0.25, -0.2) is 4.79 Å². The summed E-state index contributed by atoms with van der Waals surface area (Å²) in [5.74, 6) is -0.978. The van der Waals surface area contributed by atoms with Gasteiger partial charge in [-0.1, -0.05) is 6.07 Å². The number of nitrogens with one attached hydrogen (secondary N) is 1. The minimum absolute atomic E-state index is 0.00728. The highest BCUT2D eigenvalue weighted by molar-refractivity contribution is 6.10. The standard InChI is InChI=1S/C16H15N3O3/c1-7-3-4-11(20)8(2)12(7)10-5-9-6-18-19-15(9)13(14(10)17)16(21)22/h3-6,20H,17H2,1-2H3,(H,18,19)(H,21,22). The molecule has 0 amide bonds. The fraction of sp³-hybridized carbons (Fsp3) is 0.125. The number of carbonyl (C=O) groups is 1. The minimum atomic E-state index is -1.12. The van der Waals surface area contributed by atoms with Crippen LogP contribution in [0.25, 0.3) is 22.0 Å². The van der Waals surface area contributed by atoms with Crippen LogP contribution in [-0.4, -0.2) is 26.4 Å². The number of benzene rings is 2. The van der Waals surface area contributed by atoms with Crippen molar-refractivity contribution in [2.75, 3.05) is 5.73 Å². The van der Waals surface area contributed by atoms with Gasteiger partial charge in [0.15, 0.2) is 0 Å². The van der Waals surface area contributed by atoms with Crippen molar-refractivity contribution >= 4 is 22.6 Å². The van der Waals surface area contributed by atoms with Gasteiger partial charge in [0.05, 0.1) is 17.4 Å². The van der Waals surface area contributed by atoms with Crippen LogP contribution in [0, 0.1) is 13.8 Å². The number of hydrogen-bond acceptors (Lipinski definition) is 4. The van der Waals surface area contributed by atoms with Crippen LogP contribution in [0.3, 0.4) is 0 Å². The Hall–Kier alpha value is -3.02. The fourth-order valence-corrected chi connectivity index (χ4v) is 2.79. The molecule has 3 aromatic rings. The first-order valence-electron chi connectivity index (χ1n) is 6.70. The van der Waals surface area contributed by atoms with Gasteiger partial charge >= 0.3 is 5.97 Å². The van der Waals surface area contributed by atoms with E-state index in [4.69, 9.17) is 5.73 Å². The predicted molar refractivity (Wildman–Crippen MR) is 84.0 cm³/mol. The lowest BCUT2D eigenvalue weighted by molar-refractivity contribution is 0.0700. The molecule has 0 radical (unpaired) electrons. The van der Waals surface area contributed by atoms with Crippen LogP contribution in [0.15, 0.2) is 24.4 Å². The maximum Gasteiger partial charge on any atom is 0.340 e. The summed E-state index contributed by atoms with van der Waals surface area (Å²) in [6.07, 6.45) is 1.55. The van der Waals surface area contributed by atoms with E-state index in [1.54, 1.807) is 31.3 Å². The quantitative estimate of drug-likeness (QED) is 0.543. The Bertz CT molecular complexity index is 913. The molecular weight excluding hydrogens is 282 g/mol. The number of carboxylic acid groups (broad SMARTS) is 1. The van der Waals surface area contributed by atoms with E-state index in [0.717, 1.165) is 11.1 Å². The average Bonchev–Trinajstić information content (AvgIpc) is 2.91. The monoisotopic (exact) mass is 297 g/mol. The van der Waals surface area contributed by atoms with Gasteiger partial charge in [0, 0.05) is 10.9 Å². The maximum atomic E-state index is 11.6. The molecule has 0 spiro atoms. The summed E-state index contributed by atoms with van der Waals surface area (Å²) >= 11 is 0. The average molecular weight is 297 g/mol. The van der Waals surface area contributed by atoms with E-state index in [2.05, 4.69) is 10.2 Å². The van der Waals surface area contributed by atoms with Gasteiger partial charge < -0.3 is 15.9 Å². The highest BCUT2D eigenvalue weighted by Crippen LogP contribution is 2.39. The summed E-state index contributed by atoms with van der Waals surface area (Å²) in [5, 5.41) is 26.6. The molecular formula is C16H15N3O3. The Kier molecular flexibility index (Phi) is 3.02. The number of nitrogens with zero attached hydrogens (tertiary/aromatic N) is 1. The van der Waals surface area contributed by atoms with Crippen LogP contribution in [0.2, 0.25) is 0 Å². The second-order valence-electron chi connectivity index (χ2n) is 5.25. The number of nitrogens with two attached hydrogens (primary N) is 1. The van der Waals surface area contributed by atoms with Crippen molar-refractivity contribution in [2.24, 2.45) is 0 Å². The highest BCUT2D eigenvalue weighted by Gasteiger charge is 2.21. The van der Waals surface area contributed by atoms with Crippen molar-refractivity contribution in [1.29, 1.82) is 0 Å². The lowest BCUT2D eigenvalue weighted by Gasteiger charge is -2.15. The number of carboxylic acids is 1. The van der Waals surface area contributed by atoms with Crippen LogP contribution in [0.5, 0.6) is 5.75 Å².